The second-order valence-electron chi connectivity index (χ2n) is 3.17. The zero-order valence-electron chi connectivity index (χ0n) is 8.79. The number of hydrogen-bond acceptors (Lipinski definition) is 3. The zero-order valence-corrected chi connectivity index (χ0v) is 8.79. The standard InChI is InChI=1S/C11H13N3O/c1-8-5-10(4-3-9(8)6-12)14-7-11(15)13-2/h3-5,14H,7H2,1-2H3,(H,13,15). The molecule has 0 spiro atoms. The van der Waals surface area contributed by atoms with E-state index in [-0.39, 0.29) is 12.5 Å². The van der Waals surface area contributed by atoms with Gasteiger partial charge in [0.2, 0.25) is 5.91 Å². The number of rotatable bonds is 3. The molecule has 1 aromatic rings. The van der Waals surface area contributed by atoms with Gasteiger partial charge in [0.15, 0.2) is 0 Å². The Kier molecular flexibility index (Phi) is 3.69. The summed E-state index contributed by atoms with van der Waals surface area (Å²) >= 11 is 0. The molecule has 78 valence electrons. The maximum atomic E-state index is 11.0. The van der Waals surface area contributed by atoms with Crippen LogP contribution in [0.3, 0.4) is 0 Å². The maximum absolute atomic E-state index is 11.0. The van der Waals surface area contributed by atoms with Crippen LogP contribution in [-0.4, -0.2) is 19.5 Å². The summed E-state index contributed by atoms with van der Waals surface area (Å²) in [6.45, 7) is 2.10. The molecule has 0 saturated heterocycles. The third-order valence-electron chi connectivity index (χ3n) is 2.08. The molecule has 0 radical (unpaired) electrons. The highest BCUT2D eigenvalue weighted by Gasteiger charge is 2.00. The number of amides is 1. The predicted octanol–water partition coefficient (Wildman–Crippen LogP) is 1.02. The van der Waals surface area contributed by atoms with Gasteiger partial charge in [-0.25, -0.2) is 0 Å². The van der Waals surface area contributed by atoms with E-state index >= 15 is 0 Å². The molecule has 0 bridgehead atoms. The van der Waals surface area contributed by atoms with E-state index < -0.39 is 0 Å². The first kappa shape index (κ1) is 11.1. The number of anilines is 1. The maximum Gasteiger partial charge on any atom is 0.239 e. The lowest BCUT2D eigenvalue weighted by Crippen LogP contribution is -2.26. The molecule has 1 rings (SSSR count). The number of hydrogen-bond donors (Lipinski definition) is 2. The third kappa shape index (κ3) is 2.99. The number of nitriles is 1. The number of nitrogens with one attached hydrogen (secondary N) is 2. The minimum atomic E-state index is -0.0722. The van der Waals surface area contributed by atoms with Crippen LogP contribution in [0.4, 0.5) is 5.69 Å². The van der Waals surface area contributed by atoms with Gasteiger partial charge in [-0.1, -0.05) is 0 Å². The third-order valence-corrected chi connectivity index (χ3v) is 2.08. The highest BCUT2D eigenvalue weighted by Crippen LogP contribution is 2.13. The van der Waals surface area contributed by atoms with Crippen LogP contribution in [-0.2, 0) is 4.79 Å². The fourth-order valence-electron chi connectivity index (χ4n) is 1.17. The molecule has 4 heteroatoms. The molecule has 0 heterocycles. The van der Waals surface area contributed by atoms with Crippen molar-refractivity contribution in [3.05, 3.63) is 29.3 Å². The lowest BCUT2D eigenvalue weighted by molar-refractivity contribution is -0.118. The Morgan fingerprint density at radius 2 is 2.27 bits per heavy atom. The Bertz CT molecular complexity index is 407. The Morgan fingerprint density at radius 3 is 2.80 bits per heavy atom. The quantitative estimate of drug-likeness (QED) is 0.771. The van der Waals surface area contributed by atoms with Crippen molar-refractivity contribution in [1.82, 2.24) is 5.32 Å². The largest absolute Gasteiger partial charge is 0.376 e. The number of likely N-dealkylation sites (N-methyl/N-ethyl adjacent to an activating group) is 1. The summed E-state index contributed by atoms with van der Waals surface area (Å²) in [5, 5.41) is 14.2. The Hall–Kier alpha value is -2.02. The van der Waals surface area contributed by atoms with Crippen LogP contribution < -0.4 is 10.6 Å². The van der Waals surface area contributed by atoms with E-state index in [0.29, 0.717) is 5.56 Å². The van der Waals surface area contributed by atoms with Gasteiger partial charge in [0.1, 0.15) is 0 Å². The van der Waals surface area contributed by atoms with E-state index in [1.165, 1.54) is 0 Å². The van der Waals surface area contributed by atoms with Crippen LogP contribution >= 0.6 is 0 Å². The van der Waals surface area contributed by atoms with Crippen LogP contribution in [0.2, 0.25) is 0 Å². The molecular formula is C11H13N3O. The second-order valence-corrected chi connectivity index (χ2v) is 3.17. The normalized spacial score (nSPS) is 9.13. The van der Waals surface area contributed by atoms with Crippen molar-refractivity contribution in [3.8, 4) is 6.07 Å². The summed E-state index contributed by atoms with van der Waals surface area (Å²) in [5.41, 5.74) is 2.40. The summed E-state index contributed by atoms with van der Waals surface area (Å²) in [6.07, 6.45) is 0. The molecular weight excluding hydrogens is 190 g/mol. The van der Waals surface area contributed by atoms with Gasteiger partial charge < -0.3 is 10.6 Å². The fraction of sp³-hybridized carbons (Fsp3) is 0.273. The summed E-state index contributed by atoms with van der Waals surface area (Å²) in [4.78, 5) is 11.0. The zero-order chi connectivity index (χ0) is 11.3. The molecule has 1 aromatic carbocycles. The second kappa shape index (κ2) is 5.01. The molecule has 15 heavy (non-hydrogen) atoms. The summed E-state index contributed by atoms with van der Waals surface area (Å²) in [6, 6.07) is 7.46. The van der Waals surface area contributed by atoms with Crippen LogP contribution in [0.15, 0.2) is 18.2 Å². The molecule has 0 aromatic heterocycles. The van der Waals surface area contributed by atoms with Crippen molar-refractivity contribution >= 4 is 11.6 Å². The molecule has 0 aliphatic rings. The topological polar surface area (TPSA) is 64.9 Å². The van der Waals surface area contributed by atoms with E-state index in [1.54, 1.807) is 19.2 Å². The average molecular weight is 203 g/mol. The van der Waals surface area contributed by atoms with Gasteiger partial charge in [-0.2, -0.15) is 5.26 Å². The lowest BCUT2D eigenvalue weighted by Gasteiger charge is -2.06. The minimum absolute atomic E-state index is 0.0722. The van der Waals surface area contributed by atoms with E-state index in [2.05, 4.69) is 16.7 Å². The first-order chi connectivity index (χ1) is 7.17. The van der Waals surface area contributed by atoms with Crippen molar-refractivity contribution in [2.75, 3.05) is 18.9 Å². The fourth-order valence-corrected chi connectivity index (χ4v) is 1.17. The average Bonchev–Trinajstić information content (AvgIpc) is 2.26. The van der Waals surface area contributed by atoms with Crippen molar-refractivity contribution < 1.29 is 4.79 Å². The molecule has 0 fully saturated rings. The van der Waals surface area contributed by atoms with E-state index in [4.69, 9.17) is 5.26 Å². The molecule has 0 unspecified atom stereocenters. The molecule has 0 atom stereocenters. The van der Waals surface area contributed by atoms with Gasteiger partial charge in [0, 0.05) is 12.7 Å². The van der Waals surface area contributed by atoms with Gasteiger partial charge in [0.05, 0.1) is 18.2 Å². The van der Waals surface area contributed by atoms with Gasteiger partial charge in [-0.05, 0) is 30.7 Å². The van der Waals surface area contributed by atoms with Crippen LogP contribution in [0, 0.1) is 18.3 Å². The highest BCUT2D eigenvalue weighted by atomic mass is 16.1. The van der Waals surface area contributed by atoms with Crippen LogP contribution in [0.5, 0.6) is 0 Å². The smallest absolute Gasteiger partial charge is 0.239 e. The number of nitrogens with zero attached hydrogens (tertiary/aromatic N) is 1. The Labute approximate surface area is 88.9 Å². The number of carbonyl (C=O) groups is 1. The van der Waals surface area contributed by atoms with Gasteiger partial charge in [-0.15, -0.1) is 0 Å². The molecule has 1 amide bonds. The van der Waals surface area contributed by atoms with Crippen LogP contribution in [0.25, 0.3) is 0 Å². The number of benzene rings is 1. The van der Waals surface area contributed by atoms with Gasteiger partial charge in [0.25, 0.3) is 0 Å². The first-order valence-electron chi connectivity index (χ1n) is 4.62. The Balaban J connectivity index is 2.68. The SMILES string of the molecule is CNC(=O)CNc1ccc(C#N)c(C)c1. The summed E-state index contributed by atoms with van der Waals surface area (Å²) in [7, 11) is 1.59. The van der Waals surface area contributed by atoms with Gasteiger partial charge >= 0.3 is 0 Å². The summed E-state index contributed by atoms with van der Waals surface area (Å²) in [5.74, 6) is -0.0722. The Morgan fingerprint density at radius 1 is 1.53 bits per heavy atom. The first-order valence-corrected chi connectivity index (χ1v) is 4.62. The summed E-state index contributed by atoms with van der Waals surface area (Å²) < 4.78 is 0. The van der Waals surface area contributed by atoms with Crippen LogP contribution in [0.1, 0.15) is 11.1 Å². The van der Waals surface area contributed by atoms with Crippen molar-refractivity contribution in [3.63, 3.8) is 0 Å². The van der Waals surface area contributed by atoms with Crippen molar-refractivity contribution in [2.24, 2.45) is 0 Å². The lowest BCUT2D eigenvalue weighted by atomic mass is 10.1. The van der Waals surface area contributed by atoms with Crippen molar-refractivity contribution in [1.29, 1.82) is 5.26 Å². The molecule has 0 aliphatic heterocycles. The number of carbonyl (C=O) groups excluding carboxylic acids is 1. The van der Waals surface area contributed by atoms with E-state index in [0.717, 1.165) is 11.3 Å². The van der Waals surface area contributed by atoms with Gasteiger partial charge in [-0.3, -0.25) is 4.79 Å². The van der Waals surface area contributed by atoms with Crippen molar-refractivity contribution in [2.45, 2.75) is 6.92 Å². The molecule has 2 N–H and O–H groups in total. The monoisotopic (exact) mass is 203 g/mol. The molecule has 0 saturated carbocycles. The van der Waals surface area contributed by atoms with E-state index in [9.17, 15) is 4.79 Å². The van der Waals surface area contributed by atoms with E-state index in [1.807, 2.05) is 13.0 Å². The molecule has 0 aliphatic carbocycles. The highest BCUT2D eigenvalue weighted by molar-refractivity contribution is 5.80. The predicted molar refractivity (Wildman–Crippen MR) is 58.5 cm³/mol. The number of aryl methyl sites for hydroxylation is 1. The minimum Gasteiger partial charge on any atom is -0.376 e. The molecule has 4 nitrogen and oxygen atoms in total.